The predicted molar refractivity (Wildman–Crippen MR) is 91.7 cm³/mol. The van der Waals surface area contributed by atoms with Gasteiger partial charge >= 0.3 is 11.7 Å². The molecular formula is C19H16N2O6. The van der Waals surface area contributed by atoms with Crippen LogP contribution in [0.15, 0.2) is 30.4 Å². The molecule has 0 radical (unpaired) electrons. The number of hydrogen-bond acceptors (Lipinski definition) is 6. The van der Waals surface area contributed by atoms with Crippen LogP contribution in [0.3, 0.4) is 0 Å². The standard InChI is InChI=1S/C19H16N2O6/c1-9(22)27-14-5-2-10(8-13(14)21(25)26)20-17(23)15-11-3-4-12(16(15)18(20)24)19(11)6-7-19/h2-5,8,11-12,15-16H,6-7H2,1H3/t11-,12+,15+,16-. The van der Waals surface area contributed by atoms with Crippen LogP contribution in [0.1, 0.15) is 19.8 Å². The molecule has 1 heterocycles. The molecule has 138 valence electrons. The van der Waals surface area contributed by atoms with E-state index in [0.717, 1.165) is 30.7 Å². The van der Waals surface area contributed by atoms with Crippen molar-refractivity contribution in [2.75, 3.05) is 4.90 Å². The van der Waals surface area contributed by atoms with Gasteiger partial charge in [0.1, 0.15) is 0 Å². The van der Waals surface area contributed by atoms with E-state index in [1.54, 1.807) is 0 Å². The second-order valence-electron chi connectivity index (χ2n) is 7.74. The van der Waals surface area contributed by atoms with Gasteiger partial charge < -0.3 is 4.74 Å². The highest BCUT2D eigenvalue weighted by Gasteiger charge is 2.73. The quantitative estimate of drug-likeness (QED) is 0.202. The lowest BCUT2D eigenvalue weighted by Gasteiger charge is -2.21. The second-order valence-corrected chi connectivity index (χ2v) is 7.74. The van der Waals surface area contributed by atoms with E-state index in [2.05, 4.69) is 12.2 Å². The van der Waals surface area contributed by atoms with Crippen LogP contribution in [-0.2, 0) is 14.4 Å². The first kappa shape index (κ1) is 16.2. The van der Waals surface area contributed by atoms with Gasteiger partial charge in [0.25, 0.3) is 0 Å². The van der Waals surface area contributed by atoms with E-state index in [-0.39, 0.29) is 52.3 Å². The third-order valence-corrected chi connectivity index (χ3v) is 6.50. The second kappa shape index (κ2) is 5.03. The molecular weight excluding hydrogens is 352 g/mol. The van der Waals surface area contributed by atoms with Crippen LogP contribution < -0.4 is 9.64 Å². The zero-order chi connectivity index (χ0) is 19.1. The molecule has 4 aliphatic rings. The number of hydrogen-bond donors (Lipinski definition) is 0. The summed E-state index contributed by atoms with van der Waals surface area (Å²) in [6, 6.07) is 3.78. The molecule has 2 saturated carbocycles. The van der Waals surface area contributed by atoms with Gasteiger partial charge in [0.2, 0.25) is 17.6 Å². The topological polar surface area (TPSA) is 107 Å². The summed E-state index contributed by atoms with van der Waals surface area (Å²) in [5.74, 6) is -2.05. The number of allylic oxidation sites excluding steroid dienone is 2. The Morgan fingerprint density at radius 1 is 1.19 bits per heavy atom. The van der Waals surface area contributed by atoms with Gasteiger partial charge in [-0.15, -0.1) is 0 Å². The Labute approximate surface area is 153 Å². The van der Waals surface area contributed by atoms with Crippen molar-refractivity contribution >= 4 is 29.2 Å². The molecule has 1 aromatic rings. The zero-order valence-electron chi connectivity index (χ0n) is 14.5. The summed E-state index contributed by atoms with van der Waals surface area (Å²) in [6.07, 6.45) is 6.23. The molecule has 0 unspecified atom stereocenters. The number of imide groups is 1. The Hall–Kier alpha value is -3.03. The van der Waals surface area contributed by atoms with Gasteiger partial charge in [-0.2, -0.15) is 0 Å². The number of carbonyl (C=O) groups excluding carboxylic acids is 3. The van der Waals surface area contributed by atoms with Gasteiger partial charge in [0.05, 0.1) is 22.4 Å². The minimum absolute atomic E-state index is 0.0873. The molecule has 8 heteroatoms. The Morgan fingerprint density at radius 2 is 1.78 bits per heavy atom. The van der Waals surface area contributed by atoms with Gasteiger partial charge in [-0.25, -0.2) is 4.90 Å². The number of esters is 1. The van der Waals surface area contributed by atoms with Crippen LogP contribution >= 0.6 is 0 Å². The highest BCUT2D eigenvalue weighted by atomic mass is 16.6. The fourth-order valence-electron chi connectivity index (χ4n) is 5.36. The molecule has 0 N–H and O–H groups in total. The highest BCUT2D eigenvalue weighted by molar-refractivity contribution is 6.23. The SMILES string of the molecule is CC(=O)Oc1ccc(N2C(=O)[C@@H]3[C@H](C2=O)[C@@H]2C=C[C@H]3C23CC3)cc1[N+](=O)[O-]. The number of rotatable bonds is 3. The number of fused-ring (bicyclic) bond motifs is 3. The van der Waals surface area contributed by atoms with E-state index >= 15 is 0 Å². The number of carbonyl (C=O) groups is 3. The van der Waals surface area contributed by atoms with Gasteiger partial charge in [0, 0.05) is 13.0 Å². The Kier molecular flexibility index (Phi) is 3.01. The third-order valence-electron chi connectivity index (χ3n) is 6.50. The van der Waals surface area contributed by atoms with E-state index < -0.39 is 16.6 Å². The molecule has 2 amide bonds. The van der Waals surface area contributed by atoms with Crippen LogP contribution in [-0.4, -0.2) is 22.7 Å². The molecule has 2 bridgehead atoms. The van der Waals surface area contributed by atoms with Crippen LogP contribution in [0.4, 0.5) is 11.4 Å². The Morgan fingerprint density at radius 3 is 2.26 bits per heavy atom. The maximum atomic E-state index is 13.1. The van der Waals surface area contributed by atoms with Crippen molar-refractivity contribution in [3.8, 4) is 5.75 Å². The summed E-state index contributed by atoms with van der Waals surface area (Å²) in [6.45, 7) is 1.14. The van der Waals surface area contributed by atoms with Crippen molar-refractivity contribution in [2.24, 2.45) is 29.1 Å². The monoisotopic (exact) mass is 368 g/mol. The van der Waals surface area contributed by atoms with Crippen LogP contribution in [0.25, 0.3) is 0 Å². The van der Waals surface area contributed by atoms with E-state index in [1.165, 1.54) is 12.1 Å². The number of anilines is 1. The maximum Gasteiger partial charge on any atom is 0.313 e. The molecule has 8 nitrogen and oxygen atoms in total. The van der Waals surface area contributed by atoms with Crippen molar-refractivity contribution in [3.05, 3.63) is 40.5 Å². The van der Waals surface area contributed by atoms with Crippen molar-refractivity contribution in [3.63, 3.8) is 0 Å². The number of nitro benzene ring substituents is 1. The first-order chi connectivity index (χ1) is 12.8. The van der Waals surface area contributed by atoms with Gasteiger partial charge in [0.15, 0.2) is 0 Å². The molecule has 4 atom stereocenters. The van der Waals surface area contributed by atoms with Crippen molar-refractivity contribution < 1.29 is 24.0 Å². The lowest BCUT2D eigenvalue weighted by molar-refractivity contribution is -0.385. The minimum Gasteiger partial charge on any atom is -0.419 e. The van der Waals surface area contributed by atoms with Crippen molar-refractivity contribution in [1.29, 1.82) is 0 Å². The van der Waals surface area contributed by atoms with E-state index in [1.807, 2.05) is 0 Å². The fourth-order valence-corrected chi connectivity index (χ4v) is 5.36. The number of nitro groups is 1. The van der Waals surface area contributed by atoms with Gasteiger partial charge in [-0.3, -0.25) is 24.5 Å². The number of nitrogens with zero attached hydrogens (tertiary/aromatic N) is 2. The number of benzene rings is 1. The molecule has 3 aliphatic carbocycles. The minimum atomic E-state index is -0.696. The summed E-state index contributed by atoms with van der Waals surface area (Å²) < 4.78 is 4.85. The molecule has 27 heavy (non-hydrogen) atoms. The predicted octanol–water partition coefficient (Wildman–Crippen LogP) is 2.22. The van der Waals surface area contributed by atoms with Crippen LogP contribution in [0.5, 0.6) is 5.75 Å². The number of amides is 2. The summed E-state index contributed by atoms with van der Waals surface area (Å²) in [4.78, 5) is 49.0. The lowest BCUT2D eigenvalue weighted by atomic mass is 9.85. The molecule has 1 aromatic carbocycles. The zero-order valence-corrected chi connectivity index (χ0v) is 14.5. The lowest BCUT2D eigenvalue weighted by Crippen LogP contribution is -2.34. The smallest absolute Gasteiger partial charge is 0.313 e. The molecule has 1 aliphatic heterocycles. The first-order valence-corrected chi connectivity index (χ1v) is 8.88. The molecule has 1 saturated heterocycles. The van der Waals surface area contributed by atoms with Crippen molar-refractivity contribution in [2.45, 2.75) is 19.8 Å². The maximum absolute atomic E-state index is 13.1. The summed E-state index contributed by atoms with van der Waals surface area (Å²) in [7, 11) is 0. The summed E-state index contributed by atoms with van der Waals surface area (Å²) in [5.41, 5.74) is -0.218. The Balaban J connectivity index is 1.52. The van der Waals surface area contributed by atoms with Crippen LogP contribution in [0, 0.1) is 39.2 Å². The van der Waals surface area contributed by atoms with Crippen LogP contribution in [0.2, 0.25) is 0 Å². The highest BCUT2D eigenvalue weighted by Crippen LogP contribution is 2.73. The first-order valence-electron chi connectivity index (χ1n) is 8.88. The van der Waals surface area contributed by atoms with E-state index in [4.69, 9.17) is 4.74 Å². The fraction of sp³-hybridized carbons (Fsp3) is 0.421. The van der Waals surface area contributed by atoms with Gasteiger partial charge in [-0.05, 0) is 42.2 Å². The van der Waals surface area contributed by atoms with Gasteiger partial charge in [-0.1, -0.05) is 12.2 Å². The average molecular weight is 368 g/mol. The number of ether oxygens (including phenoxy) is 1. The van der Waals surface area contributed by atoms with Crippen molar-refractivity contribution in [1.82, 2.24) is 0 Å². The Bertz CT molecular complexity index is 929. The van der Waals surface area contributed by atoms with E-state index in [0.29, 0.717) is 0 Å². The molecule has 0 aromatic heterocycles. The summed E-state index contributed by atoms with van der Waals surface area (Å²) in [5, 5.41) is 11.4. The third kappa shape index (κ3) is 1.95. The molecule has 5 rings (SSSR count). The molecule has 3 fully saturated rings. The largest absolute Gasteiger partial charge is 0.419 e. The molecule has 1 spiro atoms. The van der Waals surface area contributed by atoms with E-state index in [9.17, 15) is 24.5 Å². The normalized spacial score (nSPS) is 31.5. The summed E-state index contributed by atoms with van der Waals surface area (Å²) >= 11 is 0. The average Bonchev–Trinajstić information content (AvgIpc) is 3.20.